The van der Waals surface area contributed by atoms with Crippen molar-refractivity contribution in [1.29, 1.82) is 0 Å². The van der Waals surface area contributed by atoms with E-state index in [1.54, 1.807) is 0 Å². The highest BCUT2D eigenvalue weighted by molar-refractivity contribution is 7.10. The quantitative estimate of drug-likeness (QED) is 0.316. The number of halogens is 1. The van der Waals surface area contributed by atoms with Crippen LogP contribution >= 0.6 is 11.3 Å². The fourth-order valence-corrected chi connectivity index (χ4v) is 5.54. The standard InChI is InChI=1S/C27H26FN3O4S/c1-29-11-13-30(14-12-29)18-6-8-19(9-7-18)31-24(22-4-3-15-36-22)23(26(33)27(31)34)25(32)20-16-17(28)5-10-21(20)35-2/h3-10,15-16,24,32H,11-14H2,1-2H3/b25-23-. The average molecular weight is 508 g/mol. The van der Waals surface area contributed by atoms with Crippen LogP contribution in [0.5, 0.6) is 5.75 Å². The summed E-state index contributed by atoms with van der Waals surface area (Å²) in [5.41, 5.74) is 1.50. The Balaban J connectivity index is 1.58. The molecule has 36 heavy (non-hydrogen) atoms. The molecule has 0 bridgehead atoms. The molecular formula is C27H26FN3O4S. The number of benzene rings is 2. The largest absolute Gasteiger partial charge is 0.507 e. The van der Waals surface area contributed by atoms with Gasteiger partial charge in [0.2, 0.25) is 0 Å². The minimum Gasteiger partial charge on any atom is -0.507 e. The first-order valence-electron chi connectivity index (χ1n) is 11.6. The first kappa shape index (κ1) is 24.0. The molecule has 2 saturated heterocycles. The minimum absolute atomic E-state index is 0.0162. The van der Waals surface area contributed by atoms with E-state index in [0.29, 0.717) is 10.6 Å². The van der Waals surface area contributed by atoms with Crippen LogP contribution in [0.25, 0.3) is 5.76 Å². The van der Waals surface area contributed by atoms with Crippen molar-refractivity contribution in [3.63, 3.8) is 0 Å². The molecule has 2 aliphatic heterocycles. The number of likely N-dealkylation sites (N-methyl/N-ethyl adjacent to an activating group) is 1. The second kappa shape index (κ2) is 9.75. The Labute approximate surface area is 212 Å². The first-order valence-corrected chi connectivity index (χ1v) is 12.5. The number of nitrogens with zero attached hydrogens (tertiary/aromatic N) is 3. The van der Waals surface area contributed by atoms with E-state index >= 15 is 0 Å². The van der Waals surface area contributed by atoms with Gasteiger partial charge in [-0.3, -0.25) is 14.5 Å². The summed E-state index contributed by atoms with van der Waals surface area (Å²) in [6.45, 7) is 3.76. The number of hydrogen-bond donors (Lipinski definition) is 1. The monoisotopic (exact) mass is 507 g/mol. The van der Waals surface area contributed by atoms with Gasteiger partial charge in [-0.2, -0.15) is 0 Å². The Morgan fingerprint density at radius 2 is 1.72 bits per heavy atom. The van der Waals surface area contributed by atoms with Crippen LogP contribution in [0.3, 0.4) is 0 Å². The highest BCUT2D eigenvalue weighted by Crippen LogP contribution is 2.44. The van der Waals surface area contributed by atoms with Crippen molar-refractivity contribution in [2.24, 2.45) is 0 Å². The Morgan fingerprint density at radius 1 is 1.03 bits per heavy atom. The highest BCUT2D eigenvalue weighted by atomic mass is 32.1. The summed E-state index contributed by atoms with van der Waals surface area (Å²) in [4.78, 5) is 33.3. The first-order chi connectivity index (χ1) is 17.4. The van der Waals surface area contributed by atoms with Gasteiger partial charge in [0, 0.05) is 42.4 Å². The number of carbonyl (C=O) groups excluding carboxylic acids is 2. The topological polar surface area (TPSA) is 73.3 Å². The number of hydrogen-bond acceptors (Lipinski definition) is 7. The van der Waals surface area contributed by atoms with Crippen molar-refractivity contribution >= 4 is 40.2 Å². The number of aliphatic hydroxyl groups excluding tert-OH is 1. The van der Waals surface area contributed by atoms with E-state index in [0.717, 1.165) is 37.9 Å². The van der Waals surface area contributed by atoms with Crippen molar-refractivity contribution in [2.75, 3.05) is 50.1 Å². The van der Waals surface area contributed by atoms with E-state index < -0.39 is 29.3 Å². The Morgan fingerprint density at radius 3 is 2.36 bits per heavy atom. The number of Topliss-reactive ketones (excluding diaryl/α,β-unsaturated/α-hetero) is 1. The molecule has 0 saturated carbocycles. The van der Waals surface area contributed by atoms with Crippen LogP contribution < -0.4 is 14.5 Å². The summed E-state index contributed by atoms with van der Waals surface area (Å²) >= 11 is 1.37. The van der Waals surface area contributed by atoms with Crippen LogP contribution in [-0.4, -0.2) is 62.0 Å². The predicted molar refractivity (Wildman–Crippen MR) is 138 cm³/mol. The van der Waals surface area contributed by atoms with Crippen molar-refractivity contribution in [3.8, 4) is 5.75 Å². The van der Waals surface area contributed by atoms with Crippen LogP contribution in [-0.2, 0) is 9.59 Å². The number of thiophene rings is 1. The molecule has 1 N–H and O–H groups in total. The molecule has 1 aromatic heterocycles. The van der Waals surface area contributed by atoms with Gasteiger partial charge in [0.05, 0.1) is 18.2 Å². The molecule has 0 radical (unpaired) electrons. The van der Waals surface area contributed by atoms with Crippen LogP contribution in [0.4, 0.5) is 15.8 Å². The number of ether oxygens (including phenoxy) is 1. The number of amides is 1. The number of ketones is 1. The van der Waals surface area contributed by atoms with Gasteiger partial charge in [0.15, 0.2) is 0 Å². The Hall–Kier alpha value is -3.69. The summed E-state index contributed by atoms with van der Waals surface area (Å²) in [5, 5.41) is 13.1. The highest BCUT2D eigenvalue weighted by Gasteiger charge is 2.47. The molecule has 2 aliphatic rings. The van der Waals surface area contributed by atoms with Crippen molar-refractivity contribution in [1.82, 2.24) is 4.90 Å². The third-order valence-corrected chi connectivity index (χ3v) is 7.59. The van der Waals surface area contributed by atoms with Crippen molar-refractivity contribution < 1.29 is 23.8 Å². The number of piperazine rings is 1. The number of aliphatic hydroxyl groups is 1. The van der Waals surface area contributed by atoms with Crippen LogP contribution in [0.1, 0.15) is 16.5 Å². The zero-order valence-electron chi connectivity index (χ0n) is 20.0. The third kappa shape index (κ3) is 4.25. The molecule has 9 heteroatoms. The lowest BCUT2D eigenvalue weighted by molar-refractivity contribution is -0.132. The minimum atomic E-state index is -0.854. The molecule has 2 aromatic carbocycles. The van der Waals surface area contributed by atoms with Crippen LogP contribution in [0.15, 0.2) is 65.6 Å². The fourth-order valence-electron chi connectivity index (χ4n) is 4.71. The second-order valence-electron chi connectivity index (χ2n) is 8.84. The normalized spacial score (nSPS) is 20.2. The maximum atomic E-state index is 14.1. The number of carbonyl (C=O) groups is 2. The summed E-state index contributed by atoms with van der Waals surface area (Å²) in [6.07, 6.45) is 0. The van der Waals surface area contributed by atoms with Gasteiger partial charge in [0.1, 0.15) is 23.4 Å². The molecule has 1 amide bonds. The van der Waals surface area contributed by atoms with Gasteiger partial charge in [-0.05, 0) is 61.0 Å². The van der Waals surface area contributed by atoms with Gasteiger partial charge >= 0.3 is 0 Å². The lowest BCUT2D eigenvalue weighted by Crippen LogP contribution is -2.44. The van der Waals surface area contributed by atoms with Crippen molar-refractivity contribution in [3.05, 3.63) is 81.8 Å². The van der Waals surface area contributed by atoms with E-state index in [1.807, 2.05) is 41.8 Å². The van der Waals surface area contributed by atoms with Gasteiger partial charge in [-0.1, -0.05) is 6.07 Å². The molecule has 5 rings (SSSR count). The lowest BCUT2D eigenvalue weighted by Gasteiger charge is -2.34. The van der Waals surface area contributed by atoms with Gasteiger partial charge < -0.3 is 19.6 Å². The maximum Gasteiger partial charge on any atom is 0.300 e. The van der Waals surface area contributed by atoms with Crippen molar-refractivity contribution in [2.45, 2.75) is 6.04 Å². The second-order valence-corrected chi connectivity index (χ2v) is 9.82. The van der Waals surface area contributed by atoms with Gasteiger partial charge in [0.25, 0.3) is 11.7 Å². The smallest absolute Gasteiger partial charge is 0.300 e. The number of anilines is 2. The van der Waals surface area contributed by atoms with Gasteiger partial charge in [-0.25, -0.2) is 4.39 Å². The van der Waals surface area contributed by atoms with E-state index in [9.17, 15) is 19.1 Å². The molecule has 0 aliphatic carbocycles. The molecular weight excluding hydrogens is 481 g/mol. The zero-order valence-corrected chi connectivity index (χ0v) is 20.8. The van der Waals surface area contributed by atoms with Gasteiger partial charge in [-0.15, -0.1) is 11.3 Å². The van der Waals surface area contributed by atoms with E-state index in [1.165, 1.54) is 35.5 Å². The molecule has 3 heterocycles. The fraction of sp³-hybridized carbons (Fsp3) is 0.259. The Bertz CT molecular complexity index is 1320. The third-order valence-electron chi connectivity index (χ3n) is 6.67. The molecule has 1 unspecified atom stereocenters. The zero-order chi connectivity index (χ0) is 25.4. The molecule has 3 aromatic rings. The molecule has 1 atom stereocenters. The van der Waals surface area contributed by atoms with E-state index in [-0.39, 0.29) is 16.9 Å². The summed E-state index contributed by atoms with van der Waals surface area (Å²) in [7, 11) is 3.49. The summed E-state index contributed by atoms with van der Waals surface area (Å²) in [5.74, 6) is -2.46. The summed E-state index contributed by atoms with van der Waals surface area (Å²) in [6, 6.07) is 14.0. The SMILES string of the molecule is COc1ccc(F)cc1/C(O)=C1/C(=O)C(=O)N(c2ccc(N3CCN(C)CC3)cc2)C1c1cccs1. The molecule has 186 valence electrons. The summed E-state index contributed by atoms with van der Waals surface area (Å²) < 4.78 is 19.4. The van der Waals surface area contributed by atoms with E-state index in [4.69, 9.17) is 4.74 Å². The Kier molecular flexibility index (Phi) is 6.51. The maximum absolute atomic E-state index is 14.1. The average Bonchev–Trinajstić information content (AvgIpc) is 3.51. The van der Waals surface area contributed by atoms with Crippen LogP contribution in [0.2, 0.25) is 0 Å². The van der Waals surface area contributed by atoms with Crippen LogP contribution in [0, 0.1) is 5.82 Å². The predicted octanol–water partition coefficient (Wildman–Crippen LogP) is 4.27. The molecule has 7 nitrogen and oxygen atoms in total. The molecule has 0 spiro atoms. The number of rotatable bonds is 5. The lowest BCUT2D eigenvalue weighted by atomic mass is 9.99. The number of methoxy groups -OCH3 is 1. The van der Waals surface area contributed by atoms with E-state index in [2.05, 4.69) is 16.8 Å². The molecule has 2 fully saturated rings.